The maximum atomic E-state index is 13.9. The number of rotatable bonds is 8. The van der Waals surface area contributed by atoms with Crippen molar-refractivity contribution in [1.29, 1.82) is 0 Å². The summed E-state index contributed by atoms with van der Waals surface area (Å²) in [6, 6.07) is 3.91. The minimum Gasteiger partial charge on any atom is -0.385 e. The number of halogens is 2. The molecule has 1 unspecified atom stereocenters. The fraction of sp³-hybridized carbons (Fsp3) is 0.611. The van der Waals surface area contributed by atoms with E-state index in [0.29, 0.717) is 12.2 Å². The summed E-state index contributed by atoms with van der Waals surface area (Å²) in [7, 11) is 3.46. The van der Waals surface area contributed by atoms with Gasteiger partial charge in [0.1, 0.15) is 11.6 Å². The smallest absolute Gasteiger partial charge is 0.191 e. The predicted octanol–water partition coefficient (Wildman–Crippen LogP) is 2.53. The van der Waals surface area contributed by atoms with Gasteiger partial charge in [-0.15, -0.1) is 0 Å². The molecule has 1 aromatic carbocycles. The first kappa shape index (κ1) is 19.4. The van der Waals surface area contributed by atoms with Crippen LogP contribution in [0.3, 0.4) is 0 Å². The third-order valence-electron chi connectivity index (χ3n) is 4.32. The van der Waals surface area contributed by atoms with E-state index < -0.39 is 11.6 Å². The molecule has 1 atom stereocenters. The van der Waals surface area contributed by atoms with Crippen LogP contribution in [0.1, 0.15) is 25.7 Å². The van der Waals surface area contributed by atoms with E-state index >= 15 is 0 Å². The minimum atomic E-state index is -0.551. The average Bonchev–Trinajstić information content (AvgIpc) is 3.05. The van der Waals surface area contributed by atoms with Crippen LogP contribution in [-0.2, 0) is 4.74 Å². The molecule has 1 heterocycles. The van der Waals surface area contributed by atoms with E-state index in [9.17, 15) is 8.78 Å². The monoisotopic (exact) mass is 354 g/mol. The van der Waals surface area contributed by atoms with Crippen molar-refractivity contribution in [1.82, 2.24) is 10.6 Å². The zero-order valence-corrected chi connectivity index (χ0v) is 15.0. The Labute approximate surface area is 148 Å². The van der Waals surface area contributed by atoms with Crippen LogP contribution >= 0.6 is 0 Å². The summed E-state index contributed by atoms with van der Waals surface area (Å²) in [6.45, 7) is 3.04. The summed E-state index contributed by atoms with van der Waals surface area (Å²) in [5.41, 5.74) is 0.451. The second-order valence-corrected chi connectivity index (χ2v) is 6.22. The lowest BCUT2D eigenvalue weighted by molar-refractivity contribution is 0.192. The number of anilines is 1. The lowest BCUT2D eigenvalue weighted by atomic mass is 10.2. The van der Waals surface area contributed by atoms with Gasteiger partial charge in [0, 0.05) is 52.5 Å². The van der Waals surface area contributed by atoms with E-state index in [1.165, 1.54) is 12.1 Å². The largest absolute Gasteiger partial charge is 0.385 e. The van der Waals surface area contributed by atoms with E-state index in [4.69, 9.17) is 4.74 Å². The molecule has 0 spiro atoms. The molecule has 1 saturated heterocycles. The first-order valence-electron chi connectivity index (χ1n) is 8.80. The normalized spacial score (nSPS) is 17.8. The fourth-order valence-corrected chi connectivity index (χ4v) is 2.98. The van der Waals surface area contributed by atoms with Crippen molar-refractivity contribution in [2.45, 2.75) is 31.7 Å². The Balaban J connectivity index is 1.75. The summed E-state index contributed by atoms with van der Waals surface area (Å²) < 4.78 is 32.0. The molecule has 7 heteroatoms. The van der Waals surface area contributed by atoms with Crippen molar-refractivity contribution in [3.63, 3.8) is 0 Å². The van der Waals surface area contributed by atoms with E-state index in [-0.39, 0.29) is 6.04 Å². The molecule has 1 aromatic rings. The van der Waals surface area contributed by atoms with Gasteiger partial charge in [0.15, 0.2) is 5.96 Å². The fourth-order valence-electron chi connectivity index (χ4n) is 2.98. The van der Waals surface area contributed by atoms with Gasteiger partial charge in [-0.05, 0) is 37.8 Å². The van der Waals surface area contributed by atoms with E-state index in [2.05, 4.69) is 15.6 Å². The van der Waals surface area contributed by atoms with E-state index in [0.717, 1.165) is 57.4 Å². The molecule has 1 aliphatic heterocycles. The number of guanidine groups is 1. The van der Waals surface area contributed by atoms with Crippen molar-refractivity contribution in [3.05, 3.63) is 29.8 Å². The number of methoxy groups -OCH3 is 1. The Bertz CT molecular complexity index is 568. The number of unbranched alkanes of at least 4 members (excludes halogenated alkanes) is 2. The van der Waals surface area contributed by atoms with Crippen LogP contribution < -0.4 is 15.5 Å². The zero-order chi connectivity index (χ0) is 18.1. The van der Waals surface area contributed by atoms with Gasteiger partial charge in [-0.25, -0.2) is 8.78 Å². The molecule has 25 heavy (non-hydrogen) atoms. The molecular formula is C18H28F2N4O. The van der Waals surface area contributed by atoms with Gasteiger partial charge in [0.25, 0.3) is 0 Å². The molecule has 0 aliphatic carbocycles. The molecule has 2 rings (SSSR count). The van der Waals surface area contributed by atoms with Crippen LogP contribution in [0.25, 0.3) is 0 Å². The second-order valence-electron chi connectivity index (χ2n) is 6.22. The highest BCUT2D eigenvalue weighted by molar-refractivity contribution is 5.80. The average molecular weight is 354 g/mol. The predicted molar refractivity (Wildman–Crippen MR) is 97.2 cm³/mol. The van der Waals surface area contributed by atoms with Crippen molar-refractivity contribution < 1.29 is 13.5 Å². The lowest BCUT2D eigenvalue weighted by Gasteiger charge is -2.21. The third kappa shape index (κ3) is 6.16. The molecular weight excluding hydrogens is 326 g/mol. The number of nitrogens with one attached hydrogen (secondary N) is 2. The molecule has 0 saturated carbocycles. The first-order valence-corrected chi connectivity index (χ1v) is 8.80. The molecule has 0 bridgehead atoms. The Morgan fingerprint density at radius 2 is 2.16 bits per heavy atom. The highest BCUT2D eigenvalue weighted by atomic mass is 19.1. The minimum absolute atomic E-state index is 0.184. The van der Waals surface area contributed by atoms with Crippen LogP contribution in [0, 0.1) is 11.6 Å². The first-order chi connectivity index (χ1) is 12.1. The summed E-state index contributed by atoms with van der Waals surface area (Å²) >= 11 is 0. The van der Waals surface area contributed by atoms with Crippen LogP contribution in [0.5, 0.6) is 0 Å². The van der Waals surface area contributed by atoms with E-state index in [1.807, 2.05) is 4.90 Å². The highest BCUT2D eigenvalue weighted by Gasteiger charge is 2.25. The maximum Gasteiger partial charge on any atom is 0.191 e. The van der Waals surface area contributed by atoms with Gasteiger partial charge >= 0.3 is 0 Å². The van der Waals surface area contributed by atoms with Crippen LogP contribution in [0.15, 0.2) is 23.2 Å². The molecule has 0 amide bonds. The van der Waals surface area contributed by atoms with Crippen LogP contribution in [-0.4, -0.2) is 52.4 Å². The SMILES string of the molecule is CN=C(NCCCCCOC)NC1CCN(c2ccc(F)cc2F)C1. The zero-order valence-electron chi connectivity index (χ0n) is 15.0. The van der Waals surface area contributed by atoms with Gasteiger partial charge < -0.3 is 20.3 Å². The van der Waals surface area contributed by atoms with Gasteiger partial charge in [-0.3, -0.25) is 4.99 Å². The standard InChI is InChI=1S/C18H28F2N4O/c1-21-18(22-9-4-3-5-11-25-2)23-15-8-10-24(13-15)17-7-6-14(19)12-16(17)20/h6-7,12,15H,3-5,8-11,13H2,1-2H3,(H2,21,22,23). The topological polar surface area (TPSA) is 48.9 Å². The van der Waals surface area contributed by atoms with Gasteiger partial charge in [-0.2, -0.15) is 0 Å². The van der Waals surface area contributed by atoms with Crippen molar-refractivity contribution >= 4 is 11.6 Å². The highest BCUT2D eigenvalue weighted by Crippen LogP contribution is 2.24. The van der Waals surface area contributed by atoms with Crippen LogP contribution in [0.4, 0.5) is 14.5 Å². The van der Waals surface area contributed by atoms with Crippen molar-refractivity contribution in [2.75, 3.05) is 45.3 Å². The van der Waals surface area contributed by atoms with Gasteiger partial charge in [0.2, 0.25) is 0 Å². The number of nitrogens with zero attached hydrogens (tertiary/aromatic N) is 2. The lowest BCUT2D eigenvalue weighted by Crippen LogP contribution is -2.44. The molecule has 140 valence electrons. The van der Waals surface area contributed by atoms with Gasteiger partial charge in [-0.1, -0.05) is 0 Å². The molecule has 1 aliphatic rings. The van der Waals surface area contributed by atoms with Gasteiger partial charge in [0.05, 0.1) is 5.69 Å². The summed E-state index contributed by atoms with van der Waals surface area (Å²) in [6.07, 6.45) is 4.11. The van der Waals surface area contributed by atoms with Crippen molar-refractivity contribution in [2.24, 2.45) is 4.99 Å². The molecule has 1 fully saturated rings. The quantitative estimate of drug-likeness (QED) is 0.428. The number of benzene rings is 1. The molecule has 0 radical (unpaired) electrons. The number of ether oxygens (including phenoxy) is 1. The maximum absolute atomic E-state index is 13.9. The molecule has 0 aromatic heterocycles. The van der Waals surface area contributed by atoms with Crippen molar-refractivity contribution in [3.8, 4) is 0 Å². The summed E-state index contributed by atoms with van der Waals surface area (Å²) in [5.74, 6) is -0.303. The molecule has 2 N–H and O–H groups in total. The summed E-state index contributed by atoms with van der Waals surface area (Å²) in [5, 5.41) is 6.68. The number of aliphatic imine (C=N–C) groups is 1. The Hall–Kier alpha value is -1.89. The number of hydrogen-bond acceptors (Lipinski definition) is 3. The third-order valence-corrected chi connectivity index (χ3v) is 4.32. The second kappa shape index (κ2) is 10.2. The Kier molecular flexibility index (Phi) is 7.91. The molecule has 5 nitrogen and oxygen atoms in total. The van der Waals surface area contributed by atoms with Crippen LogP contribution in [0.2, 0.25) is 0 Å². The summed E-state index contributed by atoms with van der Waals surface area (Å²) in [4.78, 5) is 6.17. The Morgan fingerprint density at radius 1 is 1.32 bits per heavy atom. The Morgan fingerprint density at radius 3 is 2.88 bits per heavy atom. The number of hydrogen-bond donors (Lipinski definition) is 2. The van der Waals surface area contributed by atoms with E-state index in [1.54, 1.807) is 14.2 Å².